The average molecular weight is 203 g/mol. The van der Waals surface area contributed by atoms with Gasteiger partial charge in [-0.25, -0.2) is 0 Å². The Morgan fingerprint density at radius 3 is 2.13 bits per heavy atom. The highest BCUT2D eigenvalue weighted by atomic mass is 15.1. The minimum atomic E-state index is 1.15. The summed E-state index contributed by atoms with van der Waals surface area (Å²) in [5.74, 6) is 0. The van der Waals surface area contributed by atoms with Gasteiger partial charge in [0, 0.05) is 13.1 Å². The Hall–Kier alpha value is -1.24. The van der Waals surface area contributed by atoms with E-state index in [9.17, 15) is 0 Å². The molecule has 0 bridgehead atoms. The summed E-state index contributed by atoms with van der Waals surface area (Å²) in [6.07, 6.45) is 6.81. The molecule has 0 saturated heterocycles. The largest absolute Gasteiger partial charge is 0.377 e. The van der Waals surface area contributed by atoms with Gasteiger partial charge in [-0.1, -0.05) is 44.2 Å². The number of rotatable bonds is 6. The summed E-state index contributed by atoms with van der Waals surface area (Å²) in [5.41, 5.74) is 1.27. The zero-order chi connectivity index (χ0) is 10.9. The molecule has 0 heterocycles. The minimum absolute atomic E-state index is 1.15. The van der Waals surface area contributed by atoms with Gasteiger partial charge in [-0.05, 0) is 30.7 Å². The van der Waals surface area contributed by atoms with E-state index in [4.69, 9.17) is 0 Å². The van der Waals surface area contributed by atoms with Crippen LogP contribution < -0.4 is 0 Å². The predicted molar refractivity (Wildman–Crippen MR) is 67.6 cm³/mol. The van der Waals surface area contributed by atoms with Gasteiger partial charge in [-0.3, -0.25) is 0 Å². The van der Waals surface area contributed by atoms with Crippen molar-refractivity contribution >= 4 is 6.08 Å². The Morgan fingerprint density at radius 2 is 1.60 bits per heavy atom. The summed E-state index contributed by atoms with van der Waals surface area (Å²) in [6.45, 7) is 6.74. The van der Waals surface area contributed by atoms with E-state index in [1.54, 1.807) is 0 Å². The smallest absolute Gasteiger partial charge is 0.0169 e. The Labute approximate surface area is 93.4 Å². The number of hydrogen-bond donors (Lipinski definition) is 0. The summed E-state index contributed by atoms with van der Waals surface area (Å²) in [5, 5.41) is 0. The van der Waals surface area contributed by atoms with Crippen molar-refractivity contribution in [3.05, 3.63) is 42.1 Å². The fourth-order valence-corrected chi connectivity index (χ4v) is 1.59. The van der Waals surface area contributed by atoms with Gasteiger partial charge in [0.2, 0.25) is 0 Å². The van der Waals surface area contributed by atoms with Crippen LogP contribution in [0.3, 0.4) is 0 Å². The highest BCUT2D eigenvalue weighted by Crippen LogP contribution is 2.03. The van der Waals surface area contributed by atoms with Crippen LogP contribution in [0, 0.1) is 0 Å². The molecule has 0 aliphatic heterocycles. The van der Waals surface area contributed by atoms with Crippen molar-refractivity contribution in [2.75, 3.05) is 13.1 Å². The zero-order valence-electron chi connectivity index (χ0n) is 9.82. The van der Waals surface area contributed by atoms with Gasteiger partial charge < -0.3 is 4.90 Å². The summed E-state index contributed by atoms with van der Waals surface area (Å²) < 4.78 is 0. The predicted octanol–water partition coefficient (Wildman–Crippen LogP) is 3.78. The molecule has 0 unspecified atom stereocenters. The van der Waals surface area contributed by atoms with Crippen molar-refractivity contribution in [3.63, 3.8) is 0 Å². The lowest BCUT2D eigenvalue weighted by molar-refractivity contribution is 0.378. The first-order valence-electron chi connectivity index (χ1n) is 5.84. The first-order chi connectivity index (χ1) is 7.36. The maximum Gasteiger partial charge on any atom is 0.0169 e. The lowest BCUT2D eigenvalue weighted by Crippen LogP contribution is -2.18. The third-order valence-corrected chi connectivity index (χ3v) is 2.30. The topological polar surface area (TPSA) is 3.24 Å². The Bertz CT molecular complexity index is 271. The Kier molecular flexibility index (Phi) is 5.60. The van der Waals surface area contributed by atoms with E-state index in [-0.39, 0.29) is 0 Å². The van der Waals surface area contributed by atoms with Crippen molar-refractivity contribution in [2.45, 2.75) is 26.7 Å². The highest BCUT2D eigenvalue weighted by molar-refractivity contribution is 5.48. The summed E-state index contributed by atoms with van der Waals surface area (Å²) >= 11 is 0. The highest BCUT2D eigenvalue weighted by Gasteiger charge is 1.94. The van der Waals surface area contributed by atoms with Crippen molar-refractivity contribution in [1.29, 1.82) is 0 Å². The molecule has 1 nitrogen and oxygen atoms in total. The molecule has 0 N–H and O–H groups in total. The molecule has 1 aromatic rings. The first-order valence-corrected chi connectivity index (χ1v) is 5.84. The second-order valence-corrected chi connectivity index (χ2v) is 3.76. The SMILES string of the molecule is CCCN(/C=C/c1ccccc1)CCC. The molecule has 0 fully saturated rings. The summed E-state index contributed by atoms with van der Waals surface area (Å²) in [7, 11) is 0. The standard InChI is InChI=1S/C14H21N/c1-3-11-15(12-4-2)13-10-14-8-6-5-7-9-14/h5-10,13H,3-4,11-12H2,1-2H3/b13-10+. The molecule has 0 aliphatic carbocycles. The van der Waals surface area contributed by atoms with Crippen LogP contribution in [0.15, 0.2) is 36.5 Å². The molecule has 0 aliphatic rings. The molecule has 15 heavy (non-hydrogen) atoms. The third kappa shape index (κ3) is 4.68. The van der Waals surface area contributed by atoms with E-state index in [1.807, 2.05) is 6.07 Å². The minimum Gasteiger partial charge on any atom is -0.377 e. The van der Waals surface area contributed by atoms with Crippen LogP contribution in [0.5, 0.6) is 0 Å². The molecule has 0 amide bonds. The van der Waals surface area contributed by atoms with Crippen LogP contribution in [-0.2, 0) is 0 Å². The molecule has 82 valence electrons. The van der Waals surface area contributed by atoms with E-state index < -0.39 is 0 Å². The van der Waals surface area contributed by atoms with Crippen LogP contribution in [0.2, 0.25) is 0 Å². The molecule has 1 rings (SSSR count). The lowest BCUT2D eigenvalue weighted by Gasteiger charge is -2.18. The monoisotopic (exact) mass is 203 g/mol. The normalized spacial score (nSPS) is 10.8. The summed E-state index contributed by atoms with van der Waals surface area (Å²) in [6, 6.07) is 10.5. The van der Waals surface area contributed by atoms with Crippen LogP contribution in [0.1, 0.15) is 32.3 Å². The number of hydrogen-bond acceptors (Lipinski definition) is 1. The van der Waals surface area contributed by atoms with E-state index in [1.165, 1.54) is 18.4 Å². The Balaban J connectivity index is 2.53. The van der Waals surface area contributed by atoms with Crippen LogP contribution >= 0.6 is 0 Å². The Morgan fingerprint density at radius 1 is 1.00 bits per heavy atom. The molecule has 0 radical (unpaired) electrons. The second kappa shape index (κ2) is 7.10. The summed E-state index contributed by atoms with van der Waals surface area (Å²) in [4.78, 5) is 2.38. The van der Waals surface area contributed by atoms with E-state index in [0.717, 1.165) is 13.1 Å². The van der Waals surface area contributed by atoms with Gasteiger partial charge in [0.25, 0.3) is 0 Å². The molecule has 0 spiro atoms. The van der Waals surface area contributed by atoms with Gasteiger partial charge >= 0.3 is 0 Å². The van der Waals surface area contributed by atoms with Crippen LogP contribution in [0.4, 0.5) is 0 Å². The molecule has 1 heteroatoms. The van der Waals surface area contributed by atoms with Crippen molar-refractivity contribution < 1.29 is 0 Å². The van der Waals surface area contributed by atoms with Gasteiger partial charge in [0.15, 0.2) is 0 Å². The molecular formula is C14H21N. The van der Waals surface area contributed by atoms with E-state index >= 15 is 0 Å². The third-order valence-electron chi connectivity index (χ3n) is 2.30. The molecule has 1 aromatic carbocycles. The van der Waals surface area contributed by atoms with Gasteiger partial charge in [0.05, 0.1) is 0 Å². The maximum absolute atomic E-state index is 2.38. The molecular weight excluding hydrogens is 182 g/mol. The van der Waals surface area contributed by atoms with Crippen molar-refractivity contribution in [3.8, 4) is 0 Å². The average Bonchev–Trinajstić information content (AvgIpc) is 2.28. The number of nitrogens with zero attached hydrogens (tertiary/aromatic N) is 1. The molecule has 0 aromatic heterocycles. The number of benzene rings is 1. The van der Waals surface area contributed by atoms with Crippen LogP contribution in [-0.4, -0.2) is 18.0 Å². The maximum atomic E-state index is 2.38. The van der Waals surface area contributed by atoms with Gasteiger partial charge in [0.1, 0.15) is 0 Å². The fourth-order valence-electron chi connectivity index (χ4n) is 1.59. The zero-order valence-corrected chi connectivity index (χ0v) is 9.82. The van der Waals surface area contributed by atoms with E-state index in [0.29, 0.717) is 0 Å². The molecule has 0 saturated carbocycles. The van der Waals surface area contributed by atoms with E-state index in [2.05, 4.69) is 55.3 Å². The molecule has 0 atom stereocenters. The quantitative estimate of drug-likeness (QED) is 0.680. The first kappa shape index (κ1) is 11.8. The second-order valence-electron chi connectivity index (χ2n) is 3.76. The van der Waals surface area contributed by atoms with Crippen molar-refractivity contribution in [2.24, 2.45) is 0 Å². The van der Waals surface area contributed by atoms with Gasteiger partial charge in [-0.15, -0.1) is 0 Å². The lowest BCUT2D eigenvalue weighted by atomic mass is 10.2. The van der Waals surface area contributed by atoms with Gasteiger partial charge in [-0.2, -0.15) is 0 Å². The van der Waals surface area contributed by atoms with Crippen molar-refractivity contribution in [1.82, 2.24) is 4.90 Å². The fraction of sp³-hybridized carbons (Fsp3) is 0.429. The van der Waals surface area contributed by atoms with Crippen LogP contribution in [0.25, 0.3) is 6.08 Å².